The Balaban J connectivity index is 1.78. The molecule has 0 saturated carbocycles. The molecule has 26 heavy (non-hydrogen) atoms. The predicted molar refractivity (Wildman–Crippen MR) is 92.5 cm³/mol. The fourth-order valence-electron chi connectivity index (χ4n) is 3.17. The number of hydrogen-bond acceptors (Lipinski definition) is 5. The summed E-state index contributed by atoms with van der Waals surface area (Å²) in [6.45, 7) is -0.511. The van der Waals surface area contributed by atoms with Gasteiger partial charge in [0.15, 0.2) is 18.1 Å². The van der Waals surface area contributed by atoms with Crippen molar-refractivity contribution in [2.75, 3.05) is 13.7 Å². The molecule has 138 valence electrons. The number of carbonyl (C=O) groups excluding carboxylic acids is 1. The van der Waals surface area contributed by atoms with Crippen LogP contribution in [0.2, 0.25) is 0 Å². The highest BCUT2D eigenvalue weighted by Crippen LogP contribution is 2.31. The van der Waals surface area contributed by atoms with Gasteiger partial charge in [0.1, 0.15) is 0 Å². The summed E-state index contributed by atoms with van der Waals surface area (Å²) in [4.78, 5) is 23.4. The molecule has 8 nitrogen and oxygen atoms in total. The van der Waals surface area contributed by atoms with E-state index in [4.69, 9.17) is 14.6 Å². The normalized spacial score (nSPS) is 15.8. The lowest BCUT2D eigenvalue weighted by Crippen LogP contribution is -2.31. The van der Waals surface area contributed by atoms with Crippen LogP contribution in [0.1, 0.15) is 40.5 Å². The Bertz CT molecular complexity index is 830. The van der Waals surface area contributed by atoms with Gasteiger partial charge in [-0.2, -0.15) is 5.10 Å². The standard InChI is InChI=1S/C18H21N3O5/c1-21-14-5-3-4-13(12(14)9-19-21)20-18(24)11-6-7-15(25-2)16(8-11)26-10-17(22)23/h6-9,13H,3-5,10H2,1-2H3,(H,20,24)(H,22,23)/t13-/m0/s1. The molecule has 1 aliphatic carbocycles. The first-order chi connectivity index (χ1) is 12.5. The molecule has 1 aliphatic rings. The number of carbonyl (C=O) groups is 2. The Labute approximate surface area is 150 Å². The van der Waals surface area contributed by atoms with Crippen molar-refractivity contribution in [3.8, 4) is 11.5 Å². The minimum absolute atomic E-state index is 0.0922. The second kappa shape index (κ2) is 7.47. The zero-order valence-corrected chi connectivity index (χ0v) is 14.7. The minimum Gasteiger partial charge on any atom is -0.493 e. The quantitative estimate of drug-likeness (QED) is 0.814. The van der Waals surface area contributed by atoms with Crippen LogP contribution in [0.25, 0.3) is 0 Å². The molecule has 1 amide bonds. The van der Waals surface area contributed by atoms with Crippen LogP contribution >= 0.6 is 0 Å². The van der Waals surface area contributed by atoms with Crippen molar-refractivity contribution < 1.29 is 24.2 Å². The summed E-state index contributed by atoms with van der Waals surface area (Å²) in [5.74, 6) is -0.772. The predicted octanol–water partition coefficient (Wildman–Crippen LogP) is 1.70. The SMILES string of the molecule is COc1ccc(C(=O)N[C@H]2CCCc3c2cnn3C)cc1OCC(=O)O. The molecule has 0 unspecified atom stereocenters. The molecule has 1 aromatic carbocycles. The first kappa shape index (κ1) is 17.8. The maximum Gasteiger partial charge on any atom is 0.341 e. The molecule has 0 radical (unpaired) electrons. The third-order valence-corrected chi connectivity index (χ3v) is 4.46. The van der Waals surface area contributed by atoms with Crippen molar-refractivity contribution in [3.63, 3.8) is 0 Å². The van der Waals surface area contributed by atoms with Gasteiger partial charge in [-0.15, -0.1) is 0 Å². The summed E-state index contributed by atoms with van der Waals surface area (Å²) in [5, 5.41) is 16.1. The fraction of sp³-hybridized carbons (Fsp3) is 0.389. The largest absolute Gasteiger partial charge is 0.493 e. The summed E-state index contributed by atoms with van der Waals surface area (Å²) < 4.78 is 12.2. The van der Waals surface area contributed by atoms with E-state index >= 15 is 0 Å². The molecular formula is C18H21N3O5. The van der Waals surface area contributed by atoms with Gasteiger partial charge >= 0.3 is 5.97 Å². The van der Waals surface area contributed by atoms with Crippen LogP contribution in [0.4, 0.5) is 0 Å². The van der Waals surface area contributed by atoms with Crippen LogP contribution in [0.3, 0.4) is 0 Å². The van der Waals surface area contributed by atoms with Crippen molar-refractivity contribution in [1.29, 1.82) is 0 Å². The lowest BCUT2D eigenvalue weighted by molar-refractivity contribution is -0.139. The van der Waals surface area contributed by atoms with Crippen molar-refractivity contribution >= 4 is 11.9 Å². The highest BCUT2D eigenvalue weighted by molar-refractivity contribution is 5.95. The highest BCUT2D eigenvalue weighted by atomic mass is 16.5. The van der Waals surface area contributed by atoms with Crippen LogP contribution < -0.4 is 14.8 Å². The fourth-order valence-corrected chi connectivity index (χ4v) is 3.17. The number of benzene rings is 1. The Hall–Kier alpha value is -3.03. The number of nitrogens with one attached hydrogen (secondary N) is 1. The highest BCUT2D eigenvalue weighted by Gasteiger charge is 2.25. The Morgan fingerprint density at radius 1 is 1.38 bits per heavy atom. The lowest BCUT2D eigenvalue weighted by Gasteiger charge is -2.24. The van der Waals surface area contributed by atoms with Gasteiger partial charge in [-0.25, -0.2) is 4.79 Å². The van der Waals surface area contributed by atoms with Crippen LogP contribution in [-0.4, -0.2) is 40.5 Å². The molecule has 0 aliphatic heterocycles. The van der Waals surface area contributed by atoms with E-state index in [0.717, 1.165) is 30.5 Å². The lowest BCUT2D eigenvalue weighted by atomic mass is 9.92. The zero-order chi connectivity index (χ0) is 18.7. The summed E-state index contributed by atoms with van der Waals surface area (Å²) >= 11 is 0. The zero-order valence-electron chi connectivity index (χ0n) is 14.7. The molecule has 1 atom stereocenters. The number of ether oxygens (including phenoxy) is 2. The summed E-state index contributed by atoms with van der Waals surface area (Å²) in [5.41, 5.74) is 2.56. The van der Waals surface area contributed by atoms with Crippen LogP contribution in [0, 0.1) is 0 Å². The van der Waals surface area contributed by atoms with E-state index in [2.05, 4.69) is 10.4 Å². The maximum atomic E-state index is 12.7. The molecule has 2 N–H and O–H groups in total. The topological polar surface area (TPSA) is 103 Å². The van der Waals surface area contributed by atoms with Crippen molar-refractivity contribution in [1.82, 2.24) is 15.1 Å². The van der Waals surface area contributed by atoms with Gasteiger partial charge in [0.2, 0.25) is 0 Å². The first-order valence-electron chi connectivity index (χ1n) is 8.34. The van der Waals surface area contributed by atoms with Crippen molar-refractivity contribution in [2.24, 2.45) is 7.05 Å². The average Bonchev–Trinajstić information content (AvgIpc) is 3.02. The number of fused-ring (bicyclic) bond motifs is 1. The second-order valence-corrected chi connectivity index (χ2v) is 6.14. The van der Waals surface area contributed by atoms with Crippen LogP contribution in [0.15, 0.2) is 24.4 Å². The van der Waals surface area contributed by atoms with Crippen LogP contribution in [0.5, 0.6) is 11.5 Å². The number of nitrogens with zero attached hydrogens (tertiary/aromatic N) is 2. The molecule has 3 rings (SSSR count). The van der Waals surface area contributed by atoms with Crippen LogP contribution in [-0.2, 0) is 18.3 Å². The van der Waals surface area contributed by atoms with Crippen molar-refractivity contribution in [3.05, 3.63) is 41.2 Å². The van der Waals surface area contributed by atoms with E-state index in [1.54, 1.807) is 18.3 Å². The number of aryl methyl sites for hydroxylation is 1. The maximum absolute atomic E-state index is 12.7. The van der Waals surface area contributed by atoms with Gasteiger partial charge < -0.3 is 19.9 Å². The molecule has 2 aromatic rings. The minimum atomic E-state index is -1.10. The molecule has 8 heteroatoms. The number of methoxy groups -OCH3 is 1. The molecular weight excluding hydrogens is 338 g/mol. The Morgan fingerprint density at radius 3 is 2.92 bits per heavy atom. The number of carboxylic acid groups (broad SMARTS) is 1. The number of rotatable bonds is 6. The van der Waals surface area contributed by atoms with E-state index in [1.165, 1.54) is 13.2 Å². The molecule has 0 spiro atoms. The number of aliphatic carboxylic acids is 1. The smallest absolute Gasteiger partial charge is 0.341 e. The average molecular weight is 359 g/mol. The molecule has 0 fully saturated rings. The Kier molecular flexibility index (Phi) is 5.11. The number of hydrogen-bond donors (Lipinski definition) is 2. The van der Waals surface area contributed by atoms with E-state index in [1.807, 2.05) is 11.7 Å². The van der Waals surface area contributed by atoms with Gasteiger partial charge in [0, 0.05) is 23.9 Å². The monoisotopic (exact) mass is 359 g/mol. The van der Waals surface area contributed by atoms with E-state index in [0.29, 0.717) is 11.3 Å². The number of amides is 1. The number of aromatic nitrogens is 2. The molecule has 0 saturated heterocycles. The second-order valence-electron chi connectivity index (χ2n) is 6.14. The number of carboxylic acids is 1. The van der Waals surface area contributed by atoms with E-state index in [9.17, 15) is 9.59 Å². The first-order valence-corrected chi connectivity index (χ1v) is 8.34. The summed E-state index contributed by atoms with van der Waals surface area (Å²) in [6, 6.07) is 4.60. The van der Waals surface area contributed by atoms with Crippen molar-refractivity contribution in [2.45, 2.75) is 25.3 Å². The van der Waals surface area contributed by atoms with E-state index in [-0.39, 0.29) is 17.7 Å². The van der Waals surface area contributed by atoms with Gasteiger partial charge in [0.25, 0.3) is 5.91 Å². The Morgan fingerprint density at radius 2 is 2.19 bits per heavy atom. The van der Waals surface area contributed by atoms with Gasteiger partial charge in [-0.1, -0.05) is 0 Å². The summed E-state index contributed by atoms with van der Waals surface area (Å²) in [6.07, 6.45) is 4.58. The molecule has 1 heterocycles. The third kappa shape index (κ3) is 3.63. The molecule has 1 aromatic heterocycles. The van der Waals surface area contributed by atoms with E-state index < -0.39 is 12.6 Å². The van der Waals surface area contributed by atoms with Gasteiger partial charge in [0.05, 0.1) is 19.3 Å². The van der Waals surface area contributed by atoms with Gasteiger partial charge in [-0.05, 0) is 37.5 Å². The summed E-state index contributed by atoms with van der Waals surface area (Å²) in [7, 11) is 3.35. The molecule has 0 bridgehead atoms. The van der Waals surface area contributed by atoms with Gasteiger partial charge in [-0.3, -0.25) is 9.48 Å². The third-order valence-electron chi connectivity index (χ3n) is 4.46.